The van der Waals surface area contributed by atoms with Crippen LogP contribution in [-0.2, 0) is 11.8 Å². The van der Waals surface area contributed by atoms with Crippen molar-refractivity contribution in [3.8, 4) is 0 Å². The number of carbonyl (C=O) groups is 1. The number of amides is 1. The van der Waals surface area contributed by atoms with Gasteiger partial charge in [-0.25, -0.2) is 0 Å². The molecule has 0 unspecified atom stereocenters. The van der Waals surface area contributed by atoms with Crippen LogP contribution in [0.15, 0.2) is 0 Å². The van der Waals surface area contributed by atoms with Crippen molar-refractivity contribution < 1.29 is 4.79 Å². The first-order chi connectivity index (χ1) is 7.02. The van der Waals surface area contributed by atoms with Gasteiger partial charge in [-0.2, -0.15) is 5.10 Å². The van der Waals surface area contributed by atoms with Gasteiger partial charge in [-0.3, -0.25) is 9.48 Å². The number of anilines is 1. The molecule has 0 bridgehead atoms. The van der Waals surface area contributed by atoms with Crippen molar-refractivity contribution in [1.82, 2.24) is 9.78 Å². The highest BCUT2D eigenvalue weighted by molar-refractivity contribution is 6.29. The van der Waals surface area contributed by atoms with Crippen molar-refractivity contribution in [2.45, 2.75) is 20.8 Å². The maximum absolute atomic E-state index is 11.6. The van der Waals surface area contributed by atoms with Gasteiger partial charge in [-0.15, -0.1) is 11.6 Å². The highest BCUT2D eigenvalue weighted by Crippen LogP contribution is 2.23. The van der Waals surface area contributed by atoms with E-state index in [9.17, 15) is 4.79 Å². The van der Waals surface area contributed by atoms with Gasteiger partial charge in [-0.05, 0) is 20.8 Å². The summed E-state index contributed by atoms with van der Waals surface area (Å²) in [6, 6.07) is 0. The molecule has 0 spiro atoms. The molecule has 5 heteroatoms. The normalized spacial score (nSPS) is 10.5. The molecule has 0 atom stereocenters. The quantitative estimate of drug-likeness (QED) is 0.739. The van der Waals surface area contributed by atoms with Crippen LogP contribution in [0, 0.1) is 13.8 Å². The van der Waals surface area contributed by atoms with Crippen LogP contribution in [0.3, 0.4) is 0 Å². The second-order valence-electron chi connectivity index (χ2n) is 3.41. The van der Waals surface area contributed by atoms with E-state index >= 15 is 0 Å². The molecule has 1 rings (SSSR count). The fraction of sp³-hybridized carbons (Fsp3) is 0.600. The Hall–Kier alpha value is -1.03. The molecule has 0 aliphatic carbocycles. The second-order valence-corrected chi connectivity index (χ2v) is 3.68. The van der Waals surface area contributed by atoms with Crippen molar-refractivity contribution in [1.29, 1.82) is 0 Å². The van der Waals surface area contributed by atoms with Crippen LogP contribution < -0.4 is 4.90 Å². The highest BCUT2D eigenvalue weighted by Gasteiger charge is 2.20. The average molecular weight is 230 g/mol. The topological polar surface area (TPSA) is 38.1 Å². The summed E-state index contributed by atoms with van der Waals surface area (Å²) in [5, 5.41) is 4.28. The zero-order valence-electron chi connectivity index (χ0n) is 9.54. The number of rotatable bonds is 3. The monoisotopic (exact) mass is 229 g/mol. The molecule has 84 valence electrons. The van der Waals surface area contributed by atoms with Crippen LogP contribution in [0.5, 0.6) is 0 Å². The summed E-state index contributed by atoms with van der Waals surface area (Å²) in [6.45, 7) is 6.38. The first-order valence-corrected chi connectivity index (χ1v) is 5.42. The number of nitrogens with zero attached hydrogens (tertiary/aromatic N) is 3. The van der Waals surface area contributed by atoms with E-state index in [-0.39, 0.29) is 11.8 Å². The molecular weight excluding hydrogens is 214 g/mol. The van der Waals surface area contributed by atoms with Gasteiger partial charge >= 0.3 is 0 Å². The molecule has 1 aromatic heterocycles. The summed E-state index contributed by atoms with van der Waals surface area (Å²) in [4.78, 5) is 13.3. The largest absolute Gasteiger partial charge is 0.308 e. The third-order valence-electron chi connectivity index (χ3n) is 2.47. The Morgan fingerprint density at radius 3 is 2.47 bits per heavy atom. The number of aryl methyl sites for hydroxylation is 2. The maximum Gasteiger partial charge on any atom is 0.241 e. The average Bonchev–Trinajstić information content (AvgIpc) is 2.45. The second kappa shape index (κ2) is 4.66. The van der Waals surface area contributed by atoms with Gasteiger partial charge in [0.2, 0.25) is 5.91 Å². The molecule has 0 saturated heterocycles. The van der Waals surface area contributed by atoms with Gasteiger partial charge in [0.25, 0.3) is 0 Å². The van der Waals surface area contributed by atoms with Crippen molar-refractivity contribution in [3.63, 3.8) is 0 Å². The molecule has 0 aromatic carbocycles. The molecule has 4 nitrogen and oxygen atoms in total. The molecule has 0 aliphatic rings. The van der Waals surface area contributed by atoms with Gasteiger partial charge in [0, 0.05) is 13.6 Å². The number of hydrogen-bond donors (Lipinski definition) is 0. The van der Waals surface area contributed by atoms with Crippen LogP contribution in [-0.4, -0.2) is 28.1 Å². The van der Waals surface area contributed by atoms with Crippen LogP contribution in [0.4, 0.5) is 5.69 Å². The fourth-order valence-electron chi connectivity index (χ4n) is 1.68. The Morgan fingerprint density at radius 2 is 2.13 bits per heavy atom. The van der Waals surface area contributed by atoms with Crippen molar-refractivity contribution in [3.05, 3.63) is 11.4 Å². The van der Waals surface area contributed by atoms with Crippen LogP contribution in [0.25, 0.3) is 0 Å². The summed E-state index contributed by atoms with van der Waals surface area (Å²) in [5.74, 6) is -0.0832. The minimum atomic E-state index is -0.0848. The van der Waals surface area contributed by atoms with E-state index in [1.54, 1.807) is 9.58 Å². The lowest BCUT2D eigenvalue weighted by molar-refractivity contribution is -0.116. The first kappa shape index (κ1) is 12.0. The molecule has 15 heavy (non-hydrogen) atoms. The Labute approximate surface area is 94.8 Å². The SMILES string of the molecule is CCN(C(=O)CCl)c1c(C)nn(C)c1C. The molecule has 0 N–H and O–H groups in total. The van der Waals surface area contributed by atoms with Gasteiger partial charge in [0.05, 0.1) is 17.1 Å². The number of alkyl halides is 1. The smallest absolute Gasteiger partial charge is 0.241 e. The van der Waals surface area contributed by atoms with Gasteiger partial charge in [0.1, 0.15) is 5.88 Å². The number of carbonyl (C=O) groups excluding carboxylic acids is 1. The van der Waals surface area contributed by atoms with Crippen molar-refractivity contribution in [2.24, 2.45) is 7.05 Å². The summed E-state index contributed by atoms with van der Waals surface area (Å²) in [7, 11) is 1.87. The summed E-state index contributed by atoms with van der Waals surface area (Å²) in [6.07, 6.45) is 0. The Bertz CT molecular complexity index is 373. The van der Waals surface area contributed by atoms with Gasteiger partial charge in [-0.1, -0.05) is 0 Å². The van der Waals surface area contributed by atoms with Crippen LogP contribution >= 0.6 is 11.6 Å². The third-order valence-corrected chi connectivity index (χ3v) is 2.70. The number of halogens is 1. The molecule has 0 radical (unpaired) electrons. The maximum atomic E-state index is 11.6. The zero-order chi connectivity index (χ0) is 11.6. The van der Waals surface area contributed by atoms with Crippen molar-refractivity contribution in [2.75, 3.05) is 17.3 Å². The molecule has 0 fully saturated rings. The molecule has 1 heterocycles. The predicted octanol–water partition coefficient (Wildman–Crippen LogP) is 1.63. The Kier molecular flexibility index (Phi) is 3.74. The minimum absolute atomic E-state index is 0.00160. The van der Waals surface area contributed by atoms with E-state index in [4.69, 9.17) is 11.6 Å². The Balaban J connectivity index is 3.17. The van der Waals surface area contributed by atoms with Gasteiger partial charge in [0.15, 0.2) is 0 Å². The lowest BCUT2D eigenvalue weighted by Crippen LogP contribution is -2.32. The lowest BCUT2D eigenvalue weighted by Gasteiger charge is -2.20. The Morgan fingerprint density at radius 1 is 1.53 bits per heavy atom. The summed E-state index contributed by atoms with van der Waals surface area (Å²) in [5.41, 5.74) is 2.72. The summed E-state index contributed by atoms with van der Waals surface area (Å²) >= 11 is 5.57. The molecule has 0 aliphatic heterocycles. The molecular formula is C10H16ClN3O. The first-order valence-electron chi connectivity index (χ1n) is 4.89. The van der Waals surface area contributed by atoms with Crippen molar-refractivity contribution >= 4 is 23.2 Å². The number of aromatic nitrogens is 2. The highest BCUT2D eigenvalue weighted by atomic mass is 35.5. The molecule has 1 aromatic rings. The molecule has 0 saturated carbocycles. The molecule has 1 amide bonds. The zero-order valence-corrected chi connectivity index (χ0v) is 10.3. The predicted molar refractivity (Wildman–Crippen MR) is 61.4 cm³/mol. The van der Waals surface area contributed by atoms with Gasteiger partial charge < -0.3 is 4.90 Å². The van der Waals surface area contributed by atoms with E-state index in [2.05, 4.69) is 5.10 Å². The van der Waals surface area contributed by atoms with E-state index < -0.39 is 0 Å². The van der Waals surface area contributed by atoms with E-state index in [1.807, 2.05) is 27.8 Å². The number of hydrogen-bond acceptors (Lipinski definition) is 2. The van der Waals surface area contributed by atoms with E-state index in [0.717, 1.165) is 17.1 Å². The standard InChI is InChI=1S/C10H16ClN3O/c1-5-14(9(15)6-11)10-7(2)12-13(4)8(10)3/h5-6H2,1-4H3. The minimum Gasteiger partial charge on any atom is -0.308 e. The lowest BCUT2D eigenvalue weighted by atomic mass is 10.2. The fourth-order valence-corrected chi connectivity index (χ4v) is 1.83. The van der Waals surface area contributed by atoms with E-state index in [1.165, 1.54) is 0 Å². The van der Waals surface area contributed by atoms with Crippen LogP contribution in [0.1, 0.15) is 18.3 Å². The van der Waals surface area contributed by atoms with E-state index in [0.29, 0.717) is 6.54 Å². The van der Waals surface area contributed by atoms with Crippen LogP contribution in [0.2, 0.25) is 0 Å². The summed E-state index contributed by atoms with van der Waals surface area (Å²) < 4.78 is 1.77. The third kappa shape index (κ3) is 2.15.